The molecule has 0 spiro atoms. The highest BCUT2D eigenvalue weighted by Gasteiger charge is 2.34. The molecule has 1 amide bonds. The number of carboxylic acids is 1. The summed E-state index contributed by atoms with van der Waals surface area (Å²) in [4.78, 5) is 39.5. The molecule has 2 N–H and O–H groups in total. The van der Waals surface area contributed by atoms with Gasteiger partial charge in [0.2, 0.25) is 0 Å². The second-order valence-corrected chi connectivity index (χ2v) is 5.09. The number of amides is 1. The minimum atomic E-state index is -1.01. The number of aromatic amines is 1. The van der Waals surface area contributed by atoms with Crippen LogP contribution in [0, 0.1) is 0 Å². The van der Waals surface area contributed by atoms with Crippen LogP contribution >= 0.6 is 0 Å². The predicted octanol–water partition coefficient (Wildman–Crippen LogP) is 1.22. The average molecular weight is 286 g/mol. The van der Waals surface area contributed by atoms with E-state index in [1.165, 1.54) is 4.90 Å². The molecule has 21 heavy (non-hydrogen) atoms. The lowest BCUT2D eigenvalue weighted by Crippen LogP contribution is -2.41. The molecule has 6 heteroatoms. The highest BCUT2D eigenvalue weighted by Crippen LogP contribution is 2.20. The van der Waals surface area contributed by atoms with Gasteiger partial charge in [0.15, 0.2) is 0 Å². The summed E-state index contributed by atoms with van der Waals surface area (Å²) in [6.45, 7) is 0.394. The Labute approximate surface area is 120 Å². The summed E-state index contributed by atoms with van der Waals surface area (Å²) >= 11 is 0. The predicted molar refractivity (Wildman–Crippen MR) is 76.3 cm³/mol. The molecule has 0 unspecified atom stereocenters. The Morgan fingerprint density at radius 2 is 2.05 bits per heavy atom. The largest absolute Gasteiger partial charge is 0.480 e. The van der Waals surface area contributed by atoms with Crippen molar-refractivity contribution >= 4 is 22.6 Å². The minimum absolute atomic E-state index is 0.131. The molecular weight excluding hydrogens is 272 g/mol. The number of pyridine rings is 1. The molecule has 1 aliphatic rings. The van der Waals surface area contributed by atoms with Gasteiger partial charge in [-0.2, -0.15) is 0 Å². The summed E-state index contributed by atoms with van der Waals surface area (Å²) in [5.74, 6) is -1.45. The molecule has 6 nitrogen and oxygen atoms in total. The first-order chi connectivity index (χ1) is 10.1. The third-order valence-corrected chi connectivity index (χ3v) is 3.78. The van der Waals surface area contributed by atoms with Crippen LogP contribution in [0.2, 0.25) is 0 Å². The SMILES string of the molecule is O=C(O)[C@@H]1CCCN1C(=O)c1cc2ccccc2c(=O)[nH]1. The summed E-state index contributed by atoms with van der Waals surface area (Å²) in [7, 11) is 0. The molecule has 0 radical (unpaired) electrons. The van der Waals surface area contributed by atoms with Gasteiger partial charge in [0.25, 0.3) is 11.5 Å². The van der Waals surface area contributed by atoms with Gasteiger partial charge in [0, 0.05) is 11.9 Å². The number of likely N-dealkylation sites (tertiary alicyclic amines) is 1. The number of H-pyrrole nitrogens is 1. The number of rotatable bonds is 2. The lowest BCUT2D eigenvalue weighted by atomic mass is 10.1. The highest BCUT2D eigenvalue weighted by atomic mass is 16.4. The van der Waals surface area contributed by atoms with Crippen molar-refractivity contribution < 1.29 is 14.7 Å². The Balaban J connectivity index is 2.02. The molecule has 0 saturated carbocycles. The Bertz CT molecular complexity index is 781. The number of nitrogens with one attached hydrogen (secondary N) is 1. The van der Waals surface area contributed by atoms with E-state index in [0.717, 1.165) is 0 Å². The van der Waals surface area contributed by atoms with Crippen LogP contribution in [-0.2, 0) is 4.79 Å². The van der Waals surface area contributed by atoms with Gasteiger partial charge in [-0.05, 0) is 30.4 Å². The second kappa shape index (κ2) is 5.05. The smallest absolute Gasteiger partial charge is 0.326 e. The van der Waals surface area contributed by atoms with Gasteiger partial charge in [-0.25, -0.2) is 4.79 Å². The van der Waals surface area contributed by atoms with Crippen LogP contribution in [0.25, 0.3) is 10.8 Å². The van der Waals surface area contributed by atoms with Crippen LogP contribution in [0.3, 0.4) is 0 Å². The van der Waals surface area contributed by atoms with Gasteiger partial charge < -0.3 is 15.0 Å². The van der Waals surface area contributed by atoms with Crippen molar-refractivity contribution in [2.45, 2.75) is 18.9 Å². The first-order valence-electron chi connectivity index (χ1n) is 6.74. The minimum Gasteiger partial charge on any atom is -0.480 e. The number of nitrogens with zero attached hydrogens (tertiary/aromatic N) is 1. The standard InChI is InChI=1S/C15H14N2O4/c18-13-10-5-2-1-4-9(10)8-11(16-13)14(19)17-7-3-6-12(17)15(20)21/h1-2,4-5,8,12H,3,6-7H2,(H,16,18)(H,20,21)/t12-/m0/s1. The lowest BCUT2D eigenvalue weighted by molar-refractivity contribution is -0.141. The molecule has 1 aromatic carbocycles. The van der Waals surface area contributed by atoms with Crippen molar-refractivity contribution in [2.75, 3.05) is 6.54 Å². The van der Waals surface area contributed by atoms with E-state index in [4.69, 9.17) is 5.11 Å². The quantitative estimate of drug-likeness (QED) is 0.868. The number of carbonyl (C=O) groups excluding carboxylic acids is 1. The van der Waals surface area contributed by atoms with Crippen molar-refractivity contribution in [2.24, 2.45) is 0 Å². The molecule has 2 aromatic rings. The lowest BCUT2D eigenvalue weighted by Gasteiger charge is -2.21. The van der Waals surface area contributed by atoms with Crippen LogP contribution < -0.4 is 5.56 Å². The summed E-state index contributed by atoms with van der Waals surface area (Å²) in [6.07, 6.45) is 1.10. The first-order valence-corrected chi connectivity index (χ1v) is 6.74. The number of carboxylic acid groups (broad SMARTS) is 1. The molecule has 1 aromatic heterocycles. The summed E-state index contributed by atoms with van der Waals surface area (Å²) in [5, 5.41) is 10.3. The Kier molecular flexibility index (Phi) is 3.21. The van der Waals surface area contributed by atoms with Crippen LogP contribution in [0.5, 0.6) is 0 Å². The van der Waals surface area contributed by atoms with Crippen LogP contribution in [0.1, 0.15) is 23.3 Å². The maximum Gasteiger partial charge on any atom is 0.326 e. The Hall–Kier alpha value is -2.63. The van der Waals surface area contributed by atoms with Crippen molar-refractivity contribution in [1.29, 1.82) is 0 Å². The van der Waals surface area contributed by atoms with Gasteiger partial charge in [0.1, 0.15) is 11.7 Å². The molecule has 1 saturated heterocycles. The van der Waals surface area contributed by atoms with Crippen molar-refractivity contribution in [3.05, 3.63) is 46.4 Å². The molecule has 1 atom stereocenters. The molecule has 0 aliphatic carbocycles. The normalized spacial score (nSPS) is 18.1. The summed E-state index contributed by atoms with van der Waals surface area (Å²) in [5.41, 5.74) is -0.214. The fourth-order valence-corrected chi connectivity index (χ4v) is 2.75. The van der Waals surface area contributed by atoms with Crippen molar-refractivity contribution in [3.63, 3.8) is 0 Å². The van der Waals surface area contributed by atoms with Gasteiger partial charge in [0.05, 0.1) is 0 Å². The zero-order valence-electron chi connectivity index (χ0n) is 11.2. The Morgan fingerprint density at radius 1 is 1.29 bits per heavy atom. The third kappa shape index (κ3) is 2.29. The van der Waals surface area contributed by atoms with E-state index in [1.54, 1.807) is 30.3 Å². The van der Waals surface area contributed by atoms with E-state index in [9.17, 15) is 14.4 Å². The van der Waals surface area contributed by atoms with Gasteiger partial charge >= 0.3 is 5.97 Å². The number of hydrogen-bond donors (Lipinski definition) is 2. The fraction of sp³-hybridized carbons (Fsp3) is 0.267. The number of aliphatic carboxylic acids is 1. The first kappa shape index (κ1) is 13.4. The van der Waals surface area contributed by atoms with Gasteiger partial charge in [-0.15, -0.1) is 0 Å². The van der Waals surface area contributed by atoms with E-state index < -0.39 is 17.9 Å². The number of aromatic nitrogens is 1. The maximum absolute atomic E-state index is 12.5. The zero-order valence-corrected chi connectivity index (χ0v) is 11.2. The highest BCUT2D eigenvalue weighted by molar-refractivity contribution is 5.98. The van der Waals surface area contributed by atoms with Crippen LogP contribution in [0.4, 0.5) is 0 Å². The Morgan fingerprint density at radius 3 is 2.81 bits per heavy atom. The van der Waals surface area contributed by atoms with Crippen molar-refractivity contribution in [1.82, 2.24) is 9.88 Å². The topological polar surface area (TPSA) is 90.5 Å². The molecule has 108 valence electrons. The van der Waals surface area contributed by atoms with E-state index in [0.29, 0.717) is 30.2 Å². The number of benzene rings is 1. The van der Waals surface area contributed by atoms with E-state index >= 15 is 0 Å². The van der Waals surface area contributed by atoms with E-state index in [2.05, 4.69) is 4.98 Å². The van der Waals surface area contributed by atoms with Gasteiger partial charge in [-0.1, -0.05) is 18.2 Å². The number of hydrogen-bond acceptors (Lipinski definition) is 3. The molecular formula is C15H14N2O4. The number of carbonyl (C=O) groups is 2. The monoisotopic (exact) mass is 286 g/mol. The summed E-state index contributed by atoms with van der Waals surface area (Å²) < 4.78 is 0. The molecule has 1 fully saturated rings. The zero-order chi connectivity index (χ0) is 15.0. The number of fused-ring (bicyclic) bond motifs is 1. The third-order valence-electron chi connectivity index (χ3n) is 3.78. The molecule has 2 heterocycles. The van der Waals surface area contributed by atoms with Crippen LogP contribution in [0.15, 0.2) is 35.1 Å². The molecule has 3 rings (SSSR count). The van der Waals surface area contributed by atoms with E-state index in [1.807, 2.05) is 0 Å². The average Bonchev–Trinajstić information content (AvgIpc) is 2.96. The van der Waals surface area contributed by atoms with Crippen LogP contribution in [-0.4, -0.2) is 39.5 Å². The molecule has 1 aliphatic heterocycles. The van der Waals surface area contributed by atoms with Crippen molar-refractivity contribution in [3.8, 4) is 0 Å². The molecule has 0 bridgehead atoms. The van der Waals surface area contributed by atoms with E-state index in [-0.39, 0.29) is 11.3 Å². The maximum atomic E-state index is 12.5. The fourth-order valence-electron chi connectivity index (χ4n) is 2.75. The summed E-state index contributed by atoms with van der Waals surface area (Å²) in [6, 6.07) is 7.74. The second-order valence-electron chi connectivity index (χ2n) is 5.09. The van der Waals surface area contributed by atoms with Gasteiger partial charge in [-0.3, -0.25) is 9.59 Å².